The van der Waals surface area contributed by atoms with Crippen LogP contribution in [0.5, 0.6) is 0 Å². The number of rotatable bonds is 18. The highest BCUT2D eigenvalue weighted by Crippen LogP contribution is 2.21. The summed E-state index contributed by atoms with van der Waals surface area (Å²) in [6.45, 7) is 30.1. The van der Waals surface area contributed by atoms with Crippen molar-refractivity contribution in [2.24, 2.45) is 0 Å². The van der Waals surface area contributed by atoms with Gasteiger partial charge in [-0.15, -0.1) is 0 Å². The topological polar surface area (TPSA) is 64.7 Å². The Labute approximate surface area is 233 Å². The summed E-state index contributed by atoms with van der Waals surface area (Å²) in [6.07, 6.45) is 3.58. The van der Waals surface area contributed by atoms with Crippen molar-refractivity contribution in [1.29, 1.82) is 0 Å². The predicted molar refractivity (Wildman–Crippen MR) is 156 cm³/mol. The lowest BCUT2D eigenvalue weighted by atomic mass is 9.94. The van der Waals surface area contributed by atoms with E-state index in [1.165, 1.54) is 19.3 Å². The predicted octanol–water partition coefficient (Wildman–Crippen LogP) is 1.19. The first-order valence-corrected chi connectivity index (χ1v) is 15.5. The average Bonchev–Trinajstić information content (AvgIpc) is 2.92. The first-order chi connectivity index (χ1) is 18.3. The average molecular weight is 541 g/mol. The van der Waals surface area contributed by atoms with E-state index in [1.54, 1.807) is 0 Å². The number of ether oxygens (including phenoxy) is 3. The Morgan fingerprint density at radius 1 is 0.605 bits per heavy atom. The van der Waals surface area contributed by atoms with E-state index in [2.05, 4.69) is 57.9 Å². The zero-order chi connectivity index (χ0) is 27.1. The van der Waals surface area contributed by atoms with Crippen molar-refractivity contribution in [1.82, 2.24) is 30.2 Å². The monoisotopic (exact) mass is 540 g/mol. The maximum atomic E-state index is 5.58. The van der Waals surface area contributed by atoms with Crippen LogP contribution in [0.4, 0.5) is 0 Å². The molecule has 0 atom stereocenters. The third-order valence-corrected chi connectivity index (χ3v) is 8.63. The van der Waals surface area contributed by atoms with Gasteiger partial charge in [0.2, 0.25) is 0 Å². The van der Waals surface area contributed by atoms with Crippen LogP contribution < -0.4 is 10.6 Å². The lowest BCUT2D eigenvalue weighted by molar-refractivity contribution is 0.0233. The van der Waals surface area contributed by atoms with Crippen LogP contribution >= 0.6 is 0 Å². The summed E-state index contributed by atoms with van der Waals surface area (Å²) in [6, 6.07) is 0. The molecular formula is C29H60N6O3. The maximum absolute atomic E-state index is 5.58. The van der Waals surface area contributed by atoms with Gasteiger partial charge in [-0.2, -0.15) is 0 Å². The van der Waals surface area contributed by atoms with Crippen LogP contribution in [0.15, 0.2) is 0 Å². The van der Waals surface area contributed by atoms with Gasteiger partial charge >= 0.3 is 0 Å². The molecular weight excluding hydrogens is 480 g/mol. The van der Waals surface area contributed by atoms with Gasteiger partial charge < -0.3 is 24.8 Å². The van der Waals surface area contributed by atoms with Gasteiger partial charge in [0.15, 0.2) is 0 Å². The fourth-order valence-electron chi connectivity index (χ4n) is 5.72. The smallest absolute Gasteiger partial charge is 0.0594 e. The molecule has 0 aromatic heterocycles. The molecule has 0 radical (unpaired) electrons. The SMILES string of the molecule is CC(C)(CCCN(CCN1CCOCC1)C(C)(C)CCNCCN1CCOCC1)NCCN1CCOCC1. The molecule has 0 bridgehead atoms. The lowest BCUT2D eigenvalue weighted by Crippen LogP contribution is -2.51. The lowest BCUT2D eigenvalue weighted by Gasteiger charge is -2.41. The summed E-state index contributed by atoms with van der Waals surface area (Å²) in [5.74, 6) is 0. The number of hydrogen-bond acceptors (Lipinski definition) is 9. The van der Waals surface area contributed by atoms with Crippen molar-refractivity contribution in [2.45, 2.75) is 58.0 Å². The van der Waals surface area contributed by atoms with Crippen LogP contribution in [-0.2, 0) is 14.2 Å². The standard InChI is InChI=1S/C29H60N6O3/c1-28(2,31-10-13-33-18-24-37-25-19-33)6-5-11-35(15-14-34-20-26-38-27-21-34)29(3,4)7-8-30-9-12-32-16-22-36-23-17-32/h30-31H,5-27H2,1-4H3. The molecule has 3 rings (SSSR count). The zero-order valence-electron chi connectivity index (χ0n) is 25.3. The molecule has 3 heterocycles. The van der Waals surface area contributed by atoms with Gasteiger partial charge in [-0.05, 0) is 60.0 Å². The van der Waals surface area contributed by atoms with Gasteiger partial charge in [0.25, 0.3) is 0 Å². The molecule has 9 nitrogen and oxygen atoms in total. The van der Waals surface area contributed by atoms with Crippen molar-refractivity contribution in [2.75, 3.05) is 131 Å². The van der Waals surface area contributed by atoms with Crippen LogP contribution in [0, 0.1) is 0 Å². The minimum atomic E-state index is 0.160. The second-order valence-corrected chi connectivity index (χ2v) is 12.6. The minimum Gasteiger partial charge on any atom is -0.379 e. The Hall–Kier alpha value is -0.360. The summed E-state index contributed by atoms with van der Waals surface area (Å²) in [5, 5.41) is 7.55. The van der Waals surface area contributed by atoms with Gasteiger partial charge in [-0.3, -0.25) is 19.6 Å². The van der Waals surface area contributed by atoms with E-state index in [4.69, 9.17) is 14.2 Å². The van der Waals surface area contributed by atoms with Crippen LogP contribution in [0.1, 0.15) is 47.0 Å². The van der Waals surface area contributed by atoms with Crippen molar-refractivity contribution < 1.29 is 14.2 Å². The summed E-state index contributed by atoms with van der Waals surface area (Å²) >= 11 is 0. The van der Waals surface area contributed by atoms with Crippen molar-refractivity contribution >= 4 is 0 Å². The largest absolute Gasteiger partial charge is 0.379 e. The molecule has 3 aliphatic rings. The zero-order valence-corrected chi connectivity index (χ0v) is 25.3. The quantitative estimate of drug-likeness (QED) is 0.250. The van der Waals surface area contributed by atoms with Gasteiger partial charge in [-0.25, -0.2) is 0 Å². The first-order valence-electron chi connectivity index (χ1n) is 15.5. The fraction of sp³-hybridized carbons (Fsp3) is 1.00. The fourth-order valence-corrected chi connectivity index (χ4v) is 5.72. The maximum Gasteiger partial charge on any atom is 0.0594 e. The Morgan fingerprint density at radius 3 is 1.66 bits per heavy atom. The molecule has 0 aromatic carbocycles. The van der Waals surface area contributed by atoms with E-state index in [0.717, 1.165) is 131 Å². The highest BCUT2D eigenvalue weighted by Gasteiger charge is 2.28. The van der Waals surface area contributed by atoms with Gasteiger partial charge in [0, 0.05) is 89.6 Å². The van der Waals surface area contributed by atoms with E-state index >= 15 is 0 Å². The van der Waals surface area contributed by atoms with Gasteiger partial charge in [-0.1, -0.05) is 0 Å². The summed E-state index contributed by atoms with van der Waals surface area (Å²) < 4.78 is 16.5. The molecule has 0 unspecified atom stereocenters. The molecule has 3 aliphatic heterocycles. The van der Waals surface area contributed by atoms with Crippen molar-refractivity contribution in [3.05, 3.63) is 0 Å². The third-order valence-electron chi connectivity index (χ3n) is 8.63. The normalized spacial score (nSPS) is 21.4. The van der Waals surface area contributed by atoms with E-state index in [0.29, 0.717) is 0 Å². The van der Waals surface area contributed by atoms with E-state index in [9.17, 15) is 0 Å². The molecule has 2 N–H and O–H groups in total. The summed E-state index contributed by atoms with van der Waals surface area (Å²) in [5.41, 5.74) is 0.333. The van der Waals surface area contributed by atoms with Crippen LogP contribution in [0.3, 0.4) is 0 Å². The van der Waals surface area contributed by atoms with Crippen LogP contribution in [-0.4, -0.2) is 162 Å². The number of morpholine rings is 3. The molecule has 224 valence electrons. The summed E-state index contributed by atoms with van der Waals surface area (Å²) in [7, 11) is 0. The van der Waals surface area contributed by atoms with Crippen LogP contribution in [0.25, 0.3) is 0 Å². The van der Waals surface area contributed by atoms with Gasteiger partial charge in [0.05, 0.1) is 39.6 Å². The van der Waals surface area contributed by atoms with Gasteiger partial charge in [0.1, 0.15) is 0 Å². The van der Waals surface area contributed by atoms with E-state index in [-0.39, 0.29) is 11.1 Å². The van der Waals surface area contributed by atoms with E-state index in [1.807, 2.05) is 0 Å². The Kier molecular flexibility index (Phi) is 14.8. The highest BCUT2D eigenvalue weighted by atomic mass is 16.5. The molecule has 0 saturated carbocycles. The molecule has 3 fully saturated rings. The molecule has 38 heavy (non-hydrogen) atoms. The molecule has 0 amide bonds. The van der Waals surface area contributed by atoms with E-state index < -0.39 is 0 Å². The Balaban J connectivity index is 1.39. The summed E-state index contributed by atoms with van der Waals surface area (Å²) in [4.78, 5) is 10.4. The van der Waals surface area contributed by atoms with Crippen molar-refractivity contribution in [3.63, 3.8) is 0 Å². The highest BCUT2D eigenvalue weighted by molar-refractivity contribution is 4.85. The molecule has 9 heteroatoms. The Bertz CT molecular complexity index is 605. The molecule has 0 aromatic rings. The third kappa shape index (κ3) is 12.9. The second-order valence-electron chi connectivity index (χ2n) is 12.6. The first kappa shape index (κ1) is 32.2. The Morgan fingerprint density at radius 2 is 1.11 bits per heavy atom. The molecule has 0 aliphatic carbocycles. The number of nitrogens with one attached hydrogen (secondary N) is 2. The van der Waals surface area contributed by atoms with Crippen LogP contribution in [0.2, 0.25) is 0 Å². The second kappa shape index (κ2) is 17.5. The number of nitrogens with zero attached hydrogens (tertiary/aromatic N) is 4. The molecule has 3 saturated heterocycles. The van der Waals surface area contributed by atoms with Crippen molar-refractivity contribution in [3.8, 4) is 0 Å². The number of hydrogen-bond donors (Lipinski definition) is 2. The molecule has 0 spiro atoms. The minimum absolute atomic E-state index is 0.160.